The summed E-state index contributed by atoms with van der Waals surface area (Å²) in [7, 11) is 0. The molecule has 2 aromatic rings. The lowest BCUT2D eigenvalue weighted by Gasteiger charge is -2.18. The Balaban J connectivity index is 1.91. The predicted molar refractivity (Wildman–Crippen MR) is 120 cm³/mol. The van der Waals surface area contributed by atoms with Crippen LogP contribution < -0.4 is 5.32 Å². The highest BCUT2D eigenvalue weighted by Crippen LogP contribution is 2.32. The Hall–Kier alpha value is -3.95. The monoisotopic (exact) mass is 414 g/mol. The molecule has 0 bridgehead atoms. The molecule has 3 rings (SSSR count). The Bertz CT molecular complexity index is 1170. The Morgan fingerprint density at radius 3 is 2.47 bits per heavy atom. The van der Waals surface area contributed by atoms with Gasteiger partial charge in [-0.15, -0.1) is 0 Å². The Kier molecular flexibility index (Phi) is 6.26. The molecule has 3 N–H and O–H groups in total. The van der Waals surface area contributed by atoms with E-state index >= 15 is 0 Å². The number of nitriles is 1. The maximum Gasteiger partial charge on any atom is 0.262 e. The summed E-state index contributed by atoms with van der Waals surface area (Å²) in [6.45, 7) is 4.01. The normalized spacial score (nSPS) is 14.2. The smallest absolute Gasteiger partial charge is 0.262 e. The summed E-state index contributed by atoms with van der Waals surface area (Å²) in [6.07, 6.45) is 3.03. The molecule has 148 valence electrons. The van der Waals surface area contributed by atoms with E-state index in [4.69, 9.17) is 12.2 Å². The highest BCUT2D eigenvalue weighted by molar-refractivity contribution is 7.81. The predicted octanol–water partition coefficient (Wildman–Crippen LogP) is 4.56. The molecule has 5 nitrogen and oxygen atoms in total. The lowest BCUT2D eigenvalue weighted by atomic mass is 9.90. The number of hydrogen-bond donors (Lipinski definition) is 3. The van der Waals surface area contributed by atoms with Crippen molar-refractivity contribution < 1.29 is 15.0 Å². The molecule has 1 amide bonds. The van der Waals surface area contributed by atoms with Gasteiger partial charge in [-0.25, -0.2) is 0 Å². The maximum atomic E-state index is 12.5. The standard InChI is InChI=1S/C24H18N2O3S/c1-15-11-20(23(30)22(28)21(15)27)19-10-6-5-9-17(19)12-18(13-25)24(29)26-14-16-7-3-2-4-8-16/h2-12,27-28H,1,14H2,(H,26,29). The molecule has 0 saturated carbocycles. The molecule has 2 aromatic carbocycles. The molecule has 0 unspecified atom stereocenters. The number of nitrogens with zero attached hydrogens (tertiary/aromatic N) is 1. The van der Waals surface area contributed by atoms with Crippen molar-refractivity contribution in [1.82, 2.24) is 5.32 Å². The number of carbonyl (C=O) groups is 1. The van der Waals surface area contributed by atoms with Crippen molar-refractivity contribution in [3.05, 3.63) is 107 Å². The van der Waals surface area contributed by atoms with Crippen LogP contribution in [0.5, 0.6) is 0 Å². The minimum Gasteiger partial charge on any atom is -0.504 e. The third-order valence-electron chi connectivity index (χ3n) is 4.52. The second kappa shape index (κ2) is 9.03. The van der Waals surface area contributed by atoms with Gasteiger partial charge in [-0.05, 0) is 28.8 Å². The van der Waals surface area contributed by atoms with Crippen molar-refractivity contribution in [2.45, 2.75) is 6.54 Å². The van der Waals surface area contributed by atoms with Gasteiger partial charge in [-0.2, -0.15) is 5.26 Å². The van der Waals surface area contributed by atoms with Gasteiger partial charge in [0.1, 0.15) is 11.6 Å². The van der Waals surface area contributed by atoms with Crippen LogP contribution in [0.4, 0.5) is 0 Å². The zero-order chi connectivity index (χ0) is 21.7. The number of hydrogen-bond acceptors (Lipinski definition) is 5. The van der Waals surface area contributed by atoms with E-state index in [1.165, 1.54) is 6.08 Å². The van der Waals surface area contributed by atoms with Crippen LogP contribution in [-0.2, 0) is 11.3 Å². The molecule has 0 atom stereocenters. The molecule has 6 heteroatoms. The van der Waals surface area contributed by atoms with E-state index in [-0.39, 0.29) is 21.8 Å². The van der Waals surface area contributed by atoms with Gasteiger partial charge in [0, 0.05) is 17.7 Å². The van der Waals surface area contributed by atoms with Gasteiger partial charge in [-0.1, -0.05) is 73.4 Å². The van der Waals surface area contributed by atoms with Crippen molar-refractivity contribution in [2.75, 3.05) is 0 Å². The molecule has 0 heterocycles. The molecule has 0 aliphatic heterocycles. The summed E-state index contributed by atoms with van der Waals surface area (Å²) in [5.74, 6) is -1.29. The Morgan fingerprint density at radius 1 is 1.10 bits per heavy atom. The van der Waals surface area contributed by atoms with Crippen LogP contribution in [0, 0.1) is 11.3 Å². The number of benzene rings is 2. The van der Waals surface area contributed by atoms with E-state index in [9.17, 15) is 20.3 Å². The van der Waals surface area contributed by atoms with Crippen LogP contribution in [0.2, 0.25) is 0 Å². The van der Waals surface area contributed by atoms with E-state index in [0.717, 1.165) is 5.56 Å². The van der Waals surface area contributed by atoms with Crippen molar-refractivity contribution in [3.63, 3.8) is 0 Å². The van der Waals surface area contributed by atoms with Gasteiger partial charge in [0.15, 0.2) is 11.5 Å². The van der Waals surface area contributed by atoms with E-state index in [2.05, 4.69) is 11.9 Å². The first-order chi connectivity index (χ1) is 14.4. The fraction of sp³-hybridized carbons (Fsp3) is 0.0417. The lowest BCUT2D eigenvalue weighted by Crippen LogP contribution is -2.24. The van der Waals surface area contributed by atoms with Crippen LogP contribution in [-0.4, -0.2) is 21.0 Å². The average molecular weight is 414 g/mol. The number of carbonyl (C=O) groups excluding carboxylic acids is 1. The first kappa shape index (κ1) is 20.8. The summed E-state index contributed by atoms with van der Waals surface area (Å²) in [6, 6.07) is 18.3. The van der Waals surface area contributed by atoms with Crippen molar-refractivity contribution >= 4 is 34.6 Å². The van der Waals surface area contributed by atoms with Gasteiger partial charge < -0.3 is 15.5 Å². The van der Waals surface area contributed by atoms with Crippen molar-refractivity contribution in [3.8, 4) is 6.07 Å². The molecule has 0 spiro atoms. The number of aliphatic hydroxyl groups excluding tert-OH is 2. The Morgan fingerprint density at radius 2 is 1.77 bits per heavy atom. The van der Waals surface area contributed by atoms with Crippen LogP contribution in [0.25, 0.3) is 11.6 Å². The summed E-state index contributed by atoms with van der Waals surface area (Å²) < 4.78 is 0. The van der Waals surface area contributed by atoms with Gasteiger partial charge in [0.05, 0.1) is 4.86 Å². The number of aliphatic hydroxyl groups is 2. The molecular formula is C24H18N2O3S. The summed E-state index contributed by atoms with van der Waals surface area (Å²) in [4.78, 5) is 12.6. The fourth-order valence-corrected chi connectivity index (χ4v) is 3.21. The van der Waals surface area contributed by atoms with Gasteiger partial charge in [-0.3, -0.25) is 4.79 Å². The zero-order valence-corrected chi connectivity index (χ0v) is 16.7. The Labute approximate surface area is 179 Å². The third-order valence-corrected chi connectivity index (χ3v) is 4.93. The van der Waals surface area contributed by atoms with E-state index < -0.39 is 11.7 Å². The van der Waals surface area contributed by atoms with Crippen LogP contribution in [0.15, 0.2) is 89.9 Å². The number of nitrogens with one attached hydrogen (secondary N) is 1. The molecule has 1 aliphatic carbocycles. The first-order valence-corrected chi connectivity index (χ1v) is 9.44. The SMILES string of the molecule is C=C1C=C(c2ccccc2C=C(C#N)C(=O)NCc2ccccc2)C(=S)C(O)=C1O. The number of amides is 1. The molecule has 0 aromatic heterocycles. The number of rotatable bonds is 5. The van der Waals surface area contributed by atoms with Crippen molar-refractivity contribution in [1.29, 1.82) is 5.26 Å². The van der Waals surface area contributed by atoms with Crippen molar-refractivity contribution in [2.24, 2.45) is 0 Å². The minimum atomic E-state index is -0.499. The highest BCUT2D eigenvalue weighted by Gasteiger charge is 2.24. The average Bonchev–Trinajstić information content (AvgIpc) is 2.78. The highest BCUT2D eigenvalue weighted by atomic mass is 32.1. The zero-order valence-electron chi connectivity index (χ0n) is 15.9. The molecule has 0 radical (unpaired) electrons. The first-order valence-electron chi connectivity index (χ1n) is 9.03. The largest absolute Gasteiger partial charge is 0.504 e. The maximum absolute atomic E-state index is 12.5. The van der Waals surface area contributed by atoms with Crippen LogP contribution in [0.3, 0.4) is 0 Å². The lowest BCUT2D eigenvalue weighted by molar-refractivity contribution is -0.117. The quantitative estimate of drug-likeness (QED) is 0.379. The summed E-state index contributed by atoms with van der Waals surface area (Å²) in [5, 5.41) is 32.2. The second-order valence-corrected chi connectivity index (χ2v) is 6.94. The molecule has 1 aliphatic rings. The van der Waals surface area contributed by atoms with E-state index in [1.807, 2.05) is 36.4 Å². The third kappa shape index (κ3) is 4.37. The summed E-state index contributed by atoms with van der Waals surface area (Å²) >= 11 is 5.27. The second-order valence-electron chi connectivity index (χ2n) is 6.53. The van der Waals surface area contributed by atoms with Crippen LogP contribution >= 0.6 is 12.2 Å². The fourth-order valence-electron chi connectivity index (χ4n) is 2.94. The van der Waals surface area contributed by atoms with Gasteiger partial charge in [0.2, 0.25) is 0 Å². The minimum absolute atomic E-state index is 0.0628. The topological polar surface area (TPSA) is 93.4 Å². The summed E-state index contributed by atoms with van der Waals surface area (Å²) in [5.41, 5.74) is 2.71. The number of thiocarbonyl (C=S) groups is 1. The van der Waals surface area contributed by atoms with Gasteiger partial charge in [0.25, 0.3) is 5.91 Å². The van der Waals surface area contributed by atoms with E-state index in [1.54, 1.807) is 30.3 Å². The van der Waals surface area contributed by atoms with E-state index in [0.29, 0.717) is 23.2 Å². The molecule has 0 saturated heterocycles. The van der Waals surface area contributed by atoms with Gasteiger partial charge >= 0.3 is 0 Å². The number of allylic oxidation sites excluding steroid dienone is 2. The molecule has 0 fully saturated rings. The molecule has 30 heavy (non-hydrogen) atoms. The van der Waals surface area contributed by atoms with Crippen LogP contribution in [0.1, 0.15) is 16.7 Å². The molecular weight excluding hydrogens is 396 g/mol.